The third-order valence-electron chi connectivity index (χ3n) is 2.87. The van der Waals surface area contributed by atoms with E-state index in [0.29, 0.717) is 23.7 Å². The maximum atomic E-state index is 11.4. The van der Waals surface area contributed by atoms with Crippen molar-refractivity contribution in [3.63, 3.8) is 0 Å². The molecule has 1 aliphatic rings. The molecule has 18 heavy (non-hydrogen) atoms. The molecule has 0 aliphatic carbocycles. The third-order valence-corrected chi connectivity index (χ3v) is 3.08. The highest BCUT2D eigenvalue weighted by atomic mass is 35.5. The van der Waals surface area contributed by atoms with Crippen molar-refractivity contribution in [3.8, 4) is 0 Å². The number of carbonyl (C=O) groups is 1. The van der Waals surface area contributed by atoms with E-state index in [1.807, 2.05) is 24.3 Å². The van der Waals surface area contributed by atoms with Gasteiger partial charge in [-0.1, -0.05) is 11.6 Å². The van der Waals surface area contributed by atoms with E-state index in [1.165, 1.54) is 0 Å². The van der Waals surface area contributed by atoms with Gasteiger partial charge in [0.05, 0.1) is 17.8 Å². The van der Waals surface area contributed by atoms with Gasteiger partial charge in [-0.2, -0.15) is 0 Å². The highest BCUT2D eigenvalue weighted by molar-refractivity contribution is 6.29. The Morgan fingerprint density at radius 2 is 2.22 bits per heavy atom. The van der Waals surface area contributed by atoms with Crippen LogP contribution < -0.4 is 5.32 Å². The van der Waals surface area contributed by atoms with Crippen LogP contribution in [-0.2, 0) is 13.0 Å². The van der Waals surface area contributed by atoms with E-state index in [-0.39, 0.29) is 5.91 Å². The molecule has 1 N–H and O–H groups in total. The highest BCUT2D eigenvalue weighted by Gasteiger charge is 2.19. The summed E-state index contributed by atoms with van der Waals surface area (Å²) in [6.45, 7) is 0.513. The van der Waals surface area contributed by atoms with Crippen molar-refractivity contribution in [1.82, 2.24) is 15.3 Å². The zero-order valence-corrected chi connectivity index (χ0v) is 10.2. The summed E-state index contributed by atoms with van der Waals surface area (Å²) in [6.07, 6.45) is 2.36. The second-order valence-electron chi connectivity index (χ2n) is 4.14. The number of amides is 1. The van der Waals surface area contributed by atoms with Gasteiger partial charge in [0.2, 0.25) is 0 Å². The van der Waals surface area contributed by atoms with Crippen molar-refractivity contribution < 1.29 is 4.79 Å². The average molecular weight is 260 g/mol. The van der Waals surface area contributed by atoms with E-state index in [4.69, 9.17) is 11.6 Å². The molecule has 2 aromatic rings. The summed E-state index contributed by atoms with van der Waals surface area (Å²) in [5.74, 6) is -0.0454. The lowest BCUT2D eigenvalue weighted by molar-refractivity contribution is 0.0966. The van der Waals surface area contributed by atoms with Crippen LogP contribution in [0, 0.1) is 0 Å². The average Bonchev–Trinajstić information content (AvgIpc) is 2.71. The molecule has 0 bridgehead atoms. The lowest BCUT2D eigenvalue weighted by Gasteiger charge is -2.03. The summed E-state index contributed by atoms with van der Waals surface area (Å²) in [7, 11) is 0. The van der Waals surface area contributed by atoms with Crippen molar-refractivity contribution in [2.45, 2.75) is 13.0 Å². The number of hydrogen-bond donors (Lipinski definition) is 1. The van der Waals surface area contributed by atoms with Crippen LogP contribution >= 0.6 is 11.6 Å². The van der Waals surface area contributed by atoms with Crippen molar-refractivity contribution in [2.75, 3.05) is 0 Å². The second kappa shape index (κ2) is 4.38. The minimum atomic E-state index is -0.0454. The summed E-state index contributed by atoms with van der Waals surface area (Å²) in [4.78, 5) is 19.8. The largest absolute Gasteiger partial charge is 0.346 e. The number of rotatable bonds is 2. The summed E-state index contributed by atoms with van der Waals surface area (Å²) in [6, 6.07) is 7.42. The second-order valence-corrected chi connectivity index (χ2v) is 4.53. The SMILES string of the molecule is O=C1NCc2nc(Cc3ccnc(Cl)c3)ccc21. The molecule has 5 heteroatoms. The molecule has 0 atom stereocenters. The van der Waals surface area contributed by atoms with Crippen LogP contribution in [0.3, 0.4) is 0 Å². The van der Waals surface area contributed by atoms with Crippen LogP contribution in [-0.4, -0.2) is 15.9 Å². The molecule has 0 saturated heterocycles. The van der Waals surface area contributed by atoms with Crippen LogP contribution in [0.5, 0.6) is 0 Å². The van der Waals surface area contributed by atoms with Crippen LogP contribution in [0.2, 0.25) is 5.15 Å². The minimum Gasteiger partial charge on any atom is -0.346 e. The van der Waals surface area contributed by atoms with Gasteiger partial charge in [0.25, 0.3) is 5.91 Å². The predicted molar refractivity (Wildman–Crippen MR) is 67.5 cm³/mol. The van der Waals surface area contributed by atoms with Gasteiger partial charge in [0.15, 0.2) is 0 Å². The van der Waals surface area contributed by atoms with Gasteiger partial charge in [-0.05, 0) is 29.8 Å². The van der Waals surface area contributed by atoms with Crippen LogP contribution in [0.1, 0.15) is 27.3 Å². The molecular weight excluding hydrogens is 250 g/mol. The quantitative estimate of drug-likeness (QED) is 0.839. The van der Waals surface area contributed by atoms with E-state index in [1.54, 1.807) is 6.20 Å². The number of hydrogen-bond acceptors (Lipinski definition) is 3. The van der Waals surface area contributed by atoms with Crippen LogP contribution in [0.4, 0.5) is 0 Å². The number of nitrogens with one attached hydrogen (secondary N) is 1. The van der Waals surface area contributed by atoms with Gasteiger partial charge >= 0.3 is 0 Å². The number of halogens is 1. The standard InChI is InChI=1S/C13H10ClN3O/c14-12-6-8(3-4-15-12)5-9-1-2-10-11(17-9)7-16-13(10)18/h1-4,6H,5,7H2,(H,16,18). The highest BCUT2D eigenvalue weighted by Crippen LogP contribution is 2.16. The molecule has 0 fully saturated rings. The third kappa shape index (κ3) is 2.07. The Balaban J connectivity index is 1.88. The minimum absolute atomic E-state index is 0.0454. The summed E-state index contributed by atoms with van der Waals surface area (Å²) >= 11 is 5.84. The van der Waals surface area contributed by atoms with Gasteiger partial charge in [-0.3, -0.25) is 9.78 Å². The van der Waals surface area contributed by atoms with E-state index in [2.05, 4.69) is 15.3 Å². The predicted octanol–water partition coefficient (Wildman–Crippen LogP) is 1.96. The smallest absolute Gasteiger partial charge is 0.253 e. The van der Waals surface area contributed by atoms with Crippen LogP contribution in [0.15, 0.2) is 30.5 Å². The van der Waals surface area contributed by atoms with Crippen molar-refractivity contribution >= 4 is 17.5 Å². The van der Waals surface area contributed by atoms with E-state index >= 15 is 0 Å². The van der Waals surface area contributed by atoms with Crippen molar-refractivity contribution in [3.05, 3.63) is 58.1 Å². The summed E-state index contributed by atoms with van der Waals surface area (Å²) < 4.78 is 0. The van der Waals surface area contributed by atoms with Gasteiger partial charge in [-0.25, -0.2) is 4.98 Å². The molecule has 3 rings (SSSR count). The Morgan fingerprint density at radius 3 is 3.06 bits per heavy atom. The zero-order valence-electron chi connectivity index (χ0n) is 9.48. The van der Waals surface area contributed by atoms with Crippen molar-refractivity contribution in [2.24, 2.45) is 0 Å². The fourth-order valence-electron chi connectivity index (χ4n) is 2.01. The number of nitrogens with zero attached hydrogens (tertiary/aromatic N) is 2. The number of pyridine rings is 2. The Labute approximate surface area is 109 Å². The van der Waals surface area contributed by atoms with Crippen LogP contribution in [0.25, 0.3) is 0 Å². The zero-order chi connectivity index (χ0) is 12.5. The monoisotopic (exact) mass is 259 g/mol. The van der Waals surface area contributed by atoms with E-state index in [9.17, 15) is 4.79 Å². The first-order valence-corrected chi connectivity index (χ1v) is 5.97. The number of carbonyl (C=O) groups excluding carboxylic acids is 1. The summed E-state index contributed by atoms with van der Waals surface area (Å²) in [5, 5.41) is 3.23. The molecule has 0 saturated carbocycles. The maximum Gasteiger partial charge on any atom is 0.253 e. The Kier molecular flexibility index (Phi) is 2.72. The first kappa shape index (κ1) is 11.2. The molecule has 3 heterocycles. The Hall–Kier alpha value is -1.94. The van der Waals surface area contributed by atoms with Gasteiger partial charge in [0.1, 0.15) is 5.15 Å². The molecule has 1 aliphatic heterocycles. The van der Waals surface area contributed by atoms with E-state index < -0.39 is 0 Å². The molecule has 0 spiro atoms. The fraction of sp³-hybridized carbons (Fsp3) is 0.154. The molecule has 90 valence electrons. The number of aromatic nitrogens is 2. The molecule has 2 aromatic heterocycles. The maximum absolute atomic E-state index is 11.4. The fourth-order valence-corrected chi connectivity index (χ4v) is 2.20. The first-order valence-electron chi connectivity index (χ1n) is 5.60. The normalized spacial score (nSPS) is 13.3. The number of fused-ring (bicyclic) bond motifs is 1. The lowest BCUT2D eigenvalue weighted by Crippen LogP contribution is -2.12. The molecule has 0 aromatic carbocycles. The molecular formula is C13H10ClN3O. The molecule has 1 amide bonds. The molecule has 0 unspecified atom stereocenters. The Bertz CT molecular complexity index is 627. The van der Waals surface area contributed by atoms with Gasteiger partial charge in [-0.15, -0.1) is 0 Å². The lowest BCUT2D eigenvalue weighted by atomic mass is 10.1. The van der Waals surface area contributed by atoms with E-state index in [0.717, 1.165) is 17.0 Å². The summed E-state index contributed by atoms with van der Waals surface area (Å²) in [5.41, 5.74) is 3.47. The molecule has 4 nitrogen and oxygen atoms in total. The van der Waals surface area contributed by atoms with Gasteiger partial charge < -0.3 is 5.32 Å². The first-order chi connectivity index (χ1) is 8.72. The topological polar surface area (TPSA) is 54.9 Å². The molecule has 0 radical (unpaired) electrons. The Morgan fingerprint density at radius 1 is 1.33 bits per heavy atom. The van der Waals surface area contributed by atoms with Crippen molar-refractivity contribution in [1.29, 1.82) is 0 Å². The van der Waals surface area contributed by atoms with Gasteiger partial charge in [0, 0.05) is 18.3 Å².